The van der Waals surface area contributed by atoms with Gasteiger partial charge >= 0.3 is 0 Å². The van der Waals surface area contributed by atoms with E-state index in [1.54, 1.807) is 0 Å². The first-order valence-corrected chi connectivity index (χ1v) is 8.48. The van der Waals surface area contributed by atoms with Gasteiger partial charge in [0.25, 0.3) is 0 Å². The van der Waals surface area contributed by atoms with E-state index in [9.17, 15) is 0 Å². The Morgan fingerprint density at radius 3 is 2.29 bits per heavy atom. The number of rotatable bonds is 6. The van der Waals surface area contributed by atoms with Crippen molar-refractivity contribution in [3.8, 4) is 5.75 Å². The first-order valence-electron chi connectivity index (χ1n) is 8.48. The van der Waals surface area contributed by atoms with E-state index in [0.29, 0.717) is 11.6 Å². The fourth-order valence-electron chi connectivity index (χ4n) is 2.34. The van der Waals surface area contributed by atoms with Gasteiger partial charge in [0.2, 0.25) is 5.96 Å². The minimum Gasteiger partial charge on any atom is -0.493 e. The molecule has 7 heteroatoms. The van der Waals surface area contributed by atoms with Crippen LogP contribution in [0.25, 0.3) is 0 Å². The number of guanidine groups is 1. The molecule has 134 valence electrons. The van der Waals surface area contributed by atoms with Gasteiger partial charge < -0.3 is 27.3 Å². The van der Waals surface area contributed by atoms with Crippen molar-refractivity contribution in [2.45, 2.75) is 26.7 Å². The first-order chi connectivity index (χ1) is 11.7. The molecule has 0 aliphatic carbocycles. The number of nitrogens with one attached hydrogen (secondary N) is 1. The number of ether oxygens (including phenoxy) is 1. The molecule has 0 aromatic heterocycles. The van der Waals surface area contributed by atoms with Crippen LogP contribution in [0.4, 0.5) is 0 Å². The van der Waals surface area contributed by atoms with Crippen LogP contribution in [0, 0.1) is 5.92 Å². The zero-order chi connectivity index (χ0) is 17.8. The predicted octanol–water partition coefficient (Wildman–Crippen LogP) is 1.03. The standard InChI is InChI=1S/C15H24N6O.C2H6/c16-9-14(20-21-15(17)18)12-1-3-13(4-2-12)22-10-11-5-7-19-8-6-11;1-2/h1-4,11,19H,5-10,16H2,(H4,17,18,21);1-2H3/b20-14+;. The second-order valence-corrected chi connectivity index (χ2v) is 5.30. The molecule has 1 aliphatic rings. The Morgan fingerprint density at radius 2 is 1.75 bits per heavy atom. The summed E-state index contributed by atoms with van der Waals surface area (Å²) in [6, 6.07) is 7.64. The van der Waals surface area contributed by atoms with Crippen LogP contribution in [-0.2, 0) is 0 Å². The number of hydrogen-bond donors (Lipinski definition) is 4. The molecule has 0 radical (unpaired) electrons. The lowest BCUT2D eigenvalue weighted by atomic mass is 9.99. The quantitative estimate of drug-likeness (QED) is 0.351. The molecule has 1 aliphatic heterocycles. The SMILES string of the molecule is CC.NC/C(=N\N=C(N)N)c1ccc(OCC2CCNCC2)cc1. The summed E-state index contributed by atoms with van der Waals surface area (Å²) >= 11 is 0. The van der Waals surface area contributed by atoms with Gasteiger partial charge in [-0.2, -0.15) is 5.10 Å². The van der Waals surface area contributed by atoms with Crippen molar-refractivity contribution in [2.24, 2.45) is 33.3 Å². The first kappa shape index (κ1) is 19.9. The van der Waals surface area contributed by atoms with Crippen LogP contribution in [0.3, 0.4) is 0 Å². The van der Waals surface area contributed by atoms with E-state index in [1.807, 2.05) is 38.1 Å². The van der Waals surface area contributed by atoms with Gasteiger partial charge in [-0.25, -0.2) is 0 Å². The second-order valence-electron chi connectivity index (χ2n) is 5.30. The highest BCUT2D eigenvalue weighted by atomic mass is 16.5. The topological polar surface area (TPSA) is 124 Å². The monoisotopic (exact) mass is 334 g/mol. The van der Waals surface area contributed by atoms with E-state index >= 15 is 0 Å². The molecule has 7 N–H and O–H groups in total. The average molecular weight is 334 g/mol. The minimum absolute atomic E-state index is 0.0899. The van der Waals surface area contributed by atoms with Crippen LogP contribution in [0.1, 0.15) is 32.3 Å². The average Bonchev–Trinajstić information content (AvgIpc) is 2.64. The van der Waals surface area contributed by atoms with Crippen molar-refractivity contribution in [3.63, 3.8) is 0 Å². The molecular formula is C17H30N6O. The molecule has 0 amide bonds. The number of benzene rings is 1. The zero-order valence-corrected chi connectivity index (χ0v) is 14.7. The molecule has 1 heterocycles. The zero-order valence-electron chi connectivity index (χ0n) is 14.7. The highest BCUT2D eigenvalue weighted by Gasteiger charge is 2.13. The fourth-order valence-corrected chi connectivity index (χ4v) is 2.34. The molecule has 7 nitrogen and oxygen atoms in total. The van der Waals surface area contributed by atoms with Gasteiger partial charge in [0.1, 0.15) is 5.75 Å². The molecule has 24 heavy (non-hydrogen) atoms. The van der Waals surface area contributed by atoms with E-state index in [2.05, 4.69) is 15.5 Å². The molecule has 0 saturated carbocycles. The Labute approximate surface area is 144 Å². The fraction of sp³-hybridized carbons (Fsp3) is 0.529. The van der Waals surface area contributed by atoms with Gasteiger partial charge in [-0.1, -0.05) is 13.8 Å². The Hall–Kier alpha value is -2.12. The summed E-state index contributed by atoms with van der Waals surface area (Å²) in [7, 11) is 0. The van der Waals surface area contributed by atoms with Gasteiger partial charge in [0.15, 0.2) is 0 Å². The largest absolute Gasteiger partial charge is 0.493 e. The van der Waals surface area contributed by atoms with Crippen molar-refractivity contribution in [1.82, 2.24) is 5.32 Å². The normalized spacial score (nSPS) is 15.2. The highest BCUT2D eigenvalue weighted by molar-refractivity contribution is 6.02. The third kappa shape index (κ3) is 6.97. The van der Waals surface area contributed by atoms with Gasteiger partial charge in [-0.15, -0.1) is 5.10 Å². The summed E-state index contributed by atoms with van der Waals surface area (Å²) < 4.78 is 5.85. The second kappa shape index (κ2) is 11.4. The minimum atomic E-state index is -0.0899. The number of nitrogens with two attached hydrogens (primary N) is 3. The Balaban J connectivity index is 0.00000139. The third-order valence-electron chi connectivity index (χ3n) is 3.61. The lowest BCUT2D eigenvalue weighted by Gasteiger charge is -2.22. The molecule has 1 fully saturated rings. The van der Waals surface area contributed by atoms with Crippen molar-refractivity contribution in [3.05, 3.63) is 29.8 Å². The summed E-state index contributed by atoms with van der Waals surface area (Å²) in [5.41, 5.74) is 17.7. The van der Waals surface area contributed by atoms with Crippen molar-refractivity contribution < 1.29 is 4.74 Å². The molecule has 2 rings (SSSR count). The third-order valence-corrected chi connectivity index (χ3v) is 3.61. The maximum atomic E-state index is 5.85. The van der Waals surface area contributed by atoms with E-state index < -0.39 is 0 Å². The summed E-state index contributed by atoms with van der Waals surface area (Å²) in [5.74, 6) is 1.39. The van der Waals surface area contributed by atoms with Crippen LogP contribution in [0.2, 0.25) is 0 Å². The molecule has 0 spiro atoms. The van der Waals surface area contributed by atoms with Crippen molar-refractivity contribution >= 4 is 11.7 Å². The van der Waals surface area contributed by atoms with Crippen LogP contribution in [0.5, 0.6) is 5.75 Å². The van der Waals surface area contributed by atoms with Crippen molar-refractivity contribution in [2.75, 3.05) is 26.2 Å². The lowest BCUT2D eigenvalue weighted by Crippen LogP contribution is -2.30. The Kier molecular flexibility index (Phi) is 9.48. The summed E-state index contributed by atoms with van der Waals surface area (Å²) in [6.45, 7) is 7.17. The lowest BCUT2D eigenvalue weighted by molar-refractivity contribution is 0.215. The molecule has 1 aromatic rings. The van der Waals surface area contributed by atoms with Crippen LogP contribution >= 0.6 is 0 Å². The van der Waals surface area contributed by atoms with E-state index in [0.717, 1.165) is 31.0 Å². The molecule has 1 aromatic carbocycles. The van der Waals surface area contributed by atoms with E-state index in [4.69, 9.17) is 21.9 Å². The van der Waals surface area contributed by atoms with Gasteiger partial charge in [0, 0.05) is 6.54 Å². The molecule has 1 saturated heterocycles. The van der Waals surface area contributed by atoms with Gasteiger partial charge in [-0.3, -0.25) is 0 Å². The molecule has 0 unspecified atom stereocenters. The Bertz CT molecular complexity index is 516. The number of piperidine rings is 1. The summed E-state index contributed by atoms with van der Waals surface area (Å²) in [6.07, 6.45) is 2.33. The highest BCUT2D eigenvalue weighted by Crippen LogP contribution is 2.17. The number of hydrogen-bond acceptors (Lipinski definition) is 5. The summed E-state index contributed by atoms with van der Waals surface area (Å²) in [4.78, 5) is 0. The molecule has 0 bridgehead atoms. The van der Waals surface area contributed by atoms with Crippen LogP contribution < -0.4 is 27.3 Å². The molecule has 0 atom stereocenters. The predicted molar refractivity (Wildman–Crippen MR) is 100 cm³/mol. The Morgan fingerprint density at radius 1 is 1.12 bits per heavy atom. The van der Waals surface area contributed by atoms with Gasteiger partial charge in [-0.05, 0) is 61.7 Å². The molecular weight excluding hydrogens is 304 g/mol. The van der Waals surface area contributed by atoms with E-state index in [1.165, 1.54) is 12.8 Å². The maximum absolute atomic E-state index is 5.85. The van der Waals surface area contributed by atoms with Crippen LogP contribution in [0.15, 0.2) is 34.5 Å². The van der Waals surface area contributed by atoms with Crippen LogP contribution in [-0.4, -0.2) is 37.9 Å². The maximum Gasteiger partial charge on any atom is 0.211 e. The number of nitrogens with zero attached hydrogens (tertiary/aromatic N) is 2. The van der Waals surface area contributed by atoms with Crippen molar-refractivity contribution in [1.29, 1.82) is 0 Å². The smallest absolute Gasteiger partial charge is 0.211 e. The van der Waals surface area contributed by atoms with Gasteiger partial charge in [0.05, 0.1) is 12.3 Å². The summed E-state index contributed by atoms with van der Waals surface area (Å²) in [5, 5.41) is 10.9. The van der Waals surface area contributed by atoms with E-state index in [-0.39, 0.29) is 12.5 Å².